The van der Waals surface area contributed by atoms with Gasteiger partial charge in [-0.05, 0) is 60.5 Å². The molecular weight excluding hydrogens is 373 g/mol. The van der Waals surface area contributed by atoms with Crippen molar-refractivity contribution in [3.05, 3.63) is 89.5 Å². The van der Waals surface area contributed by atoms with E-state index in [0.717, 1.165) is 11.3 Å². The first kappa shape index (κ1) is 20.0. The number of benzene rings is 2. The minimum absolute atomic E-state index is 0.0924. The van der Waals surface area contributed by atoms with Crippen molar-refractivity contribution in [3.63, 3.8) is 0 Å². The van der Waals surface area contributed by atoms with E-state index >= 15 is 0 Å². The molecule has 148 valence electrons. The van der Waals surface area contributed by atoms with Gasteiger partial charge in [0.05, 0.1) is 7.11 Å². The molecule has 2 aromatic carbocycles. The molecule has 2 amide bonds. The maximum atomic E-state index is 13.0. The Morgan fingerprint density at radius 1 is 1.03 bits per heavy atom. The van der Waals surface area contributed by atoms with Gasteiger partial charge in [0.2, 0.25) is 0 Å². The van der Waals surface area contributed by atoms with Gasteiger partial charge in [0.25, 0.3) is 11.8 Å². The van der Waals surface area contributed by atoms with Crippen LogP contribution in [0.2, 0.25) is 0 Å². The first-order valence-corrected chi connectivity index (χ1v) is 8.99. The highest BCUT2D eigenvalue weighted by Crippen LogP contribution is 2.13. The van der Waals surface area contributed by atoms with Crippen molar-refractivity contribution in [3.8, 4) is 5.75 Å². The van der Waals surface area contributed by atoms with Gasteiger partial charge in [0.15, 0.2) is 0 Å². The van der Waals surface area contributed by atoms with Crippen LogP contribution in [0.15, 0.2) is 66.9 Å². The Hall–Kier alpha value is -3.74. The summed E-state index contributed by atoms with van der Waals surface area (Å²) in [5.74, 6) is -0.415. The molecule has 7 heteroatoms. The van der Waals surface area contributed by atoms with Crippen molar-refractivity contribution in [2.24, 2.45) is 0 Å². The Balaban J connectivity index is 1.58. The number of nitrogens with zero attached hydrogens (tertiary/aromatic N) is 1. The van der Waals surface area contributed by atoms with E-state index in [1.165, 1.54) is 42.6 Å². The molecule has 0 saturated carbocycles. The summed E-state index contributed by atoms with van der Waals surface area (Å²) in [6.07, 6.45) is 2.04. The number of hydrogen-bond acceptors (Lipinski definition) is 4. The molecule has 0 bridgehead atoms. The highest BCUT2D eigenvalue weighted by Gasteiger charge is 2.12. The van der Waals surface area contributed by atoms with Crippen LogP contribution in [0.5, 0.6) is 5.75 Å². The first-order valence-electron chi connectivity index (χ1n) is 8.99. The molecule has 0 unspecified atom stereocenters. The number of hydrogen-bond donors (Lipinski definition) is 2. The topological polar surface area (TPSA) is 80.3 Å². The highest BCUT2D eigenvalue weighted by atomic mass is 19.1. The SMILES string of the molecule is COc1cccc(CCNC(=O)c2ccnc(C(=O)Nc3ccc(F)cc3)c2)c1. The van der Waals surface area contributed by atoms with Gasteiger partial charge in [-0.15, -0.1) is 0 Å². The molecule has 1 heterocycles. The zero-order valence-electron chi connectivity index (χ0n) is 15.8. The smallest absolute Gasteiger partial charge is 0.274 e. The summed E-state index contributed by atoms with van der Waals surface area (Å²) in [5, 5.41) is 5.44. The van der Waals surface area contributed by atoms with Gasteiger partial charge in [-0.1, -0.05) is 12.1 Å². The van der Waals surface area contributed by atoms with Crippen LogP contribution in [0.3, 0.4) is 0 Å². The van der Waals surface area contributed by atoms with Crippen molar-refractivity contribution in [2.45, 2.75) is 6.42 Å². The highest BCUT2D eigenvalue weighted by molar-refractivity contribution is 6.04. The minimum Gasteiger partial charge on any atom is -0.497 e. The van der Waals surface area contributed by atoms with Gasteiger partial charge in [-0.25, -0.2) is 4.39 Å². The number of anilines is 1. The Morgan fingerprint density at radius 2 is 1.83 bits per heavy atom. The summed E-state index contributed by atoms with van der Waals surface area (Å²) in [6, 6.07) is 16.0. The van der Waals surface area contributed by atoms with E-state index in [-0.39, 0.29) is 11.6 Å². The molecule has 0 spiro atoms. The maximum absolute atomic E-state index is 13.0. The van der Waals surface area contributed by atoms with Crippen molar-refractivity contribution in [2.75, 3.05) is 19.0 Å². The molecule has 3 aromatic rings. The number of ether oxygens (including phenoxy) is 1. The standard InChI is InChI=1S/C22H20FN3O3/c1-29-19-4-2-3-15(13-19)9-11-25-21(27)16-10-12-24-20(14-16)22(28)26-18-7-5-17(23)6-8-18/h2-8,10,12-14H,9,11H2,1H3,(H,25,27)(H,26,28). The minimum atomic E-state index is -0.484. The summed E-state index contributed by atoms with van der Waals surface area (Å²) >= 11 is 0. The lowest BCUT2D eigenvalue weighted by molar-refractivity contribution is 0.0954. The number of aromatic nitrogens is 1. The molecule has 29 heavy (non-hydrogen) atoms. The van der Waals surface area contributed by atoms with E-state index in [9.17, 15) is 14.0 Å². The molecule has 0 aliphatic rings. The third-order valence-corrected chi connectivity index (χ3v) is 4.19. The van der Waals surface area contributed by atoms with Crippen molar-refractivity contribution in [1.29, 1.82) is 0 Å². The maximum Gasteiger partial charge on any atom is 0.274 e. The van der Waals surface area contributed by atoms with Crippen molar-refractivity contribution >= 4 is 17.5 Å². The third-order valence-electron chi connectivity index (χ3n) is 4.19. The molecule has 1 aromatic heterocycles. The van der Waals surface area contributed by atoms with Crippen molar-refractivity contribution < 1.29 is 18.7 Å². The number of nitrogens with one attached hydrogen (secondary N) is 2. The predicted molar refractivity (Wildman–Crippen MR) is 108 cm³/mol. The summed E-state index contributed by atoms with van der Waals surface area (Å²) in [7, 11) is 1.61. The van der Waals surface area contributed by atoms with Gasteiger partial charge in [0, 0.05) is 24.0 Å². The summed E-state index contributed by atoms with van der Waals surface area (Å²) in [4.78, 5) is 28.7. The molecule has 3 rings (SSSR count). The average molecular weight is 393 g/mol. The molecule has 0 fully saturated rings. The summed E-state index contributed by atoms with van der Waals surface area (Å²) < 4.78 is 18.1. The lowest BCUT2D eigenvalue weighted by atomic mass is 10.1. The lowest BCUT2D eigenvalue weighted by Gasteiger charge is -2.08. The molecule has 0 radical (unpaired) electrons. The second-order valence-corrected chi connectivity index (χ2v) is 6.25. The van der Waals surface area contributed by atoms with E-state index in [1.54, 1.807) is 7.11 Å². The average Bonchev–Trinajstić information content (AvgIpc) is 2.75. The monoisotopic (exact) mass is 393 g/mol. The molecule has 0 aliphatic carbocycles. The van der Waals surface area contributed by atoms with E-state index in [2.05, 4.69) is 15.6 Å². The van der Waals surface area contributed by atoms with Crippen LogP contribution in [0.1, 0.15) is 26.4 Å². The van der Waals surface area contributed by atoms with E-state index < -0.39 is 11.7 Å². The Kier molecular flexibility index (Phi) is 6.52. The van der Waals surface area contributed by atoms with Gasteiger partial charge >= 0.3 is 0 Å². The summed E-state index contributed by atoms with van der Waals surface area (Å²) in [6.45, 7) is 0.436. The normalized spacial score (nSPS) is 10.3. The van der Waals surface area contributed by atoms with Gasteiger partial charge in [-0.2, -0.15) is 0 Å². The van der Waals surface area contributed by atoms with Crippen LogP contribution >= 0.6 is 0 Å². The van der Waals surface area contributed by atoms with Gasteiger partial charge in [-0.3, -0.25) is 14.6 Å². The fraction of sp³-hybridized carbons (Fsp3) is 0.136. The zero-order chi connectivity index (χ0) is 20.6. The van der Waals surface area contributed by atoms with E-state index in [1.807, 2.05) is 24.3 Å². The molecule has 2 N–H and O–H groups in total. The first-order chi connectivity index (χ1) is 14.0. The van der Waals surface area contributed by atoms with Crippen LogP contribution in [0.25, 0.3) is 0 Å². The number of pyridine rings is 1. The largest absolute Gasteiger partial charge is 0.497 e. The molecule has 0 atom stereocenters. The molecule has 6 nitrogen and oxygen atoms in total. The Bertz CT molecular complexity index is 1010. The van der Waals surface area contributed by atoms with Crippen LogP contribution in [0.4, 0.5) is 10.1 Å². The van der Waals surface area contributed by atoms with E-state index in [0.29, 0.717) is 24.2 Å². The third kappa shape index (κ3) is 5.62. The second-order valence-electron chi connectivity index (χ2n) is 6.25. The molecular formula is C22H20FN3O3. The van der Waals surface area contributed by atoms with Gasteiger partial charge < -0.3 is 15.4 Å². The number of rotatable bonds is 7. The zero-order valence-corrected chi connectivity index (χ0v) is 15.8. The fourth-order valence-electron chi connectivity index (χ4n) is 2.67. The van der Waals surface area contributed by atoms with Crippen LogP contribution in [0, 0.1) is 5.82 Å². The van der Waals surface area contributed by atoms with Crippen molar-refractivity contribution in [1.82, 2.24) is 10.3 Å². The number of methoxy groups -OCH3 is 1. The number of carbonyl (C=O) groups is 2. The van der Waals surface area contributed by atoms with Crippen LogP contribution < -0.4 is 15.4 Å². The fourth-order valence-corrected chi connectivity index (χ4v) is 2.67. The van der Waals surface area contributed by atoms with Crippen LogP contribution in [-0.4, -0.2) is 30.5 Å². The summed E-state index contributed by atoms with van der Waals surface area (Å²) in [5.41, 5.74) is 1.90. The number of carbonyl (C=O) groups excluding carboxylic acids is 2. The van der Waals surface area contributed by atoms with Gasteiger partial charge in [0.1, 0.15) is 17.3 Å². The number of amides is 2. The predicted octanol–water partition coefficient (Wildman–Crippen LogP) is 3.45. The van der Waals surface area contributed by atoms with E-state index in [4.69, 9.17) is 4.74 Å². The quantitative estimate of drug-likeness (QED) is 0.644. The molecule has 0 aliphatic heterocycles. The Labute approximate surface area is 167 Å². The lowest BCUT2D eigenvalue weighted by Crippen LogP contribution is -2.26. The second kappa shape index (κ2) is 9.45. The Morgan fingerprint density at radius 3 is 2.59 bits per heavy atom. The van der Waals surface area contributed by atoms with Crippen LogP contribution in [-0.2, 0) is 6.42 Å². The number of halogens is 1. The molecule has 0 saturated heterocycles.